The Labute approximate surface area is 112 Å². The van der Waals surface area contributed by atoms with Gasteiger partial charge in [-0.25, -0.2) is 9.13 Å². The largest absolute Gasteiger partial charge is 0.470 e. The van der Waals surface area contributed by atoms with Crippen LogP contribution in [0.4, 0.5) is 0 Å². The number of carbonyl (C=O) groups excluding carboxylic acids is 1. The van der Waals surface area contributed by atoms with E-state index < -0.39 is 53.0 Å². The predicted octanol–water partition coefficient (Wildman–Crippen LogP) is -3.14. The van der Waals surface area contributed by atoms with Gasteiger partial charge in [0.05, 0.1) is 6.61 Å². The first-order valence-electron chi connectivity index (χ1n) is 4.80. The number of hydrogen-bond acceptors (Lipinski definition) is 8. The van der Waals surface area contributed by atoms with Crippen molar-refractivity contribution < 1.29 is 57.9 Å². The number of phosphoric acid groups is 2. The standard InChI is InChI=1S/C6H14O12P2/c7-3(1-17-19(11,12)13)5(9)6(10)4(8)2-18-20(14,15)16/h3,5-7,9-10H,1-2H2,(H2,11,12,13)(H2,14,15,16)/t3-,5-,6?/m1/s1. The van der Waals surface area contributed by atoms with Gasteiger partial charge in [0.15, 0.2) is 5.78 Å². The van der Waals surface area contributed by atoms with Crippen molar-refractivity contribution in [2.45, 2.75) is 18.3 Å². The van der Waals surface area contributed by atoms with Gasteiger partial charge in [-0.05, 0) is 0 Å². The molecule has 0 aliphatic carbocycles. The number of rotatable bonds is 9. The van der Waals surface area contributed by atoms with E-state index in [4.69, 9.17) is 19.6 Å². The molecule has 3 atom stereocenters. The van der Waals surface area contributed by atoms with Gasteiger partial charge < -0.3 is 34.9 Å². The molecule has 0 aliphatic heterocycles. The van der Waals surface area contributed by atoms with Gasteiger partial charge in [0, 0.05) is 0 Å². The van der Waals surface area contributed by atoms with Crippen LogP contribution in [0.3, 0.4) is 0 Å². The molecule has 0 radical (unpaired) electrons. The quantitative estimate of drug-likeness (QED) is 0.207. The van der Waals surface area contributed by atoms with Crippen LogP contribution in [0.15, 0.2) is 0 Å². The van der Waals surface area contributed by atoms with Crippen LogP contribution in [0.25, 0.3) is 0 Å². The summed E-state index contributed by atoms with van der Waals surface area (Å²) in [5, 5.41) is 27.7. The SMILES string of the molecule is O=C(COP(=O)(O)O)C(O)[C@H](O)[C@H](O)COP(=O)(O)O. The Balaban J connectivity index is 4.38. The summed E-state index contributed by atoms with van der Waals surface area (Å²) in [6, 6.07) is 0. The van der Waals surface area contributed by atoms with E-state index in [0.29, 0.717) is 0 Å². The van der Waals surface area contributed by atoms with Crippen molar-refractivity contribution in [1.29, 1.82) is 0 Å². The molecule has 120 valence electrons. The van der Waals surface area contributed by atoms with Gasteiger partial charge in [-0.15, -0.1) is 0 Å². The second-order valence-electron chi connectivity index (χ2n) is 3.52. The van der Waals surface area contributed by atoms with Crippen molar-refractivity contribution in [2.24, 2.45) is 0 Å². The normalized spacial score (nSPS) is 17.6. The highest BCUT2D eigenvalue weighted by atomic mass is 31.2. The molecule has 0 rings (SSSR count). The third kappa shape index (κ3) is 8.84. The minimum absolute atomic E-state index is 1.09. The molecule has 0 heterocycles. The molecular weight excluding hydrogens is 326 g/mol. The highest BCUT2D eigenvalue weighted by Crippen LogP contribution is 2.36. The van der Waals surface area contributed by atoms with Gasteiger partial charge in [-0.3, -0.25) is 13.8 Å². The van der Waals surface area contributed by atoms with Crippen LogP contribution in [-0.2, 0) is 23.0 Å². The lowest BCUT2D eigenvalue weighted by Crippen LogP contribution is -2.45. The summed E-state index contributed by atoms with van der Waals surface area (Å²) in [5.41, 5.74) is 0. The van der Waals surface area contributed by atoms with E-state index in [1.807, 2.05) is 0 Å². The van der Waals surface area contributed by atoms with Crippen molar-refractivity contribution in [3.05, 3.63) is 0 Å². The van der Waals surface area contributed by atoms with Crippen molar-refractivity contribution in [2.75, 3.05) is 13.2 Å². The summed E-state index contributed by atoms with van der Waals surface area (Å²) in [7, 11) is -9.87. The maximum Gasteiger partial charge on any atom is 0.470 e. The van der Waals surface area contributed by atoms with Crippen LogP contribution in [0.5, 0.6) is 0 Å². The zero-order valence-electron chi connectivity index (χ0n) is 9.71. The average Bonchev–Trinajstić information content (AvgIpc) is 2.29. The van der Waals surface area contributed by atoms with Gasteiger partial charge in [-0.1, -0.05) is 0 Å². The van der Waals surface area contributed by atoms with Gasteiger partial charge in [-0.2, -0.15) is 0 Å². The van der Waals surface area contributed by atoms with Gasteiger partial charge in [0.25, 0.3) is 0 Å². The summed E-state index contributed by atoms with van der Waals surface area (Å²) in [5.74, 6) is -1.36. The van der Waals surface area contributed by atoms with Crippen LogP contribution in [0, 0.1) is 0 Å². The third-order valence-electron chi connectivity index (χ3n) is 1.84. The van der Waals surface area contributed by atoms with E-state index in [1.165, 1.54) is 0 Å². The van der Waals surface area contributed by atoms with Gasteiger partial charge >= 0.3 is 15.6 Å². The fraction of sp³-hybridized carbons (Fsp3) is 0.833. The van der Waals surface area contributed by atoms with E-state index in [-0.39, 0.29) is 0 Å². The number of ketones is 1. The summed E-state index contributed by atoms with van der Waals surface area (Å²) in [4.78, 5) is 44.4. The molecule has 0 fully saturated rings. The minimum atomic E-state index is -4.95. The Morgan fingerprint density at radius 1 is 0.950 bits per heavy atom. The lowest BCUT2D eigenvalue weighted by molar-refractivity contribution is -0.142. The molecule has 0 aromatic heterocycles. The fourth-order valence-corrected chi connectivity index (χ4v) is 1.55. The molecule has 0 spiro atoms. The molecule has 0 saturated carbocycles. The van der Waals surface area contributed by atoms with E-state index in [0.717, 1.165) is 0 Å². The number of phosphoric ester groups is 2. The van der Waals surface area contributed by atoms with Crippen molar-refractivity contribution >= 4 is 21.4 Å². The Morgan fingerprint density at radius 2 is 1.40 bits per heavy atom. The highest BCUT2D eigenvalue weighted by Gasteiger charge is 2.32. The Hall–Kier alpha value is -0.230. The molecule has 20 heavy (non-hydrogen) atoms. The number of hydrogen-bond donors (Lipinski definition) is 7. The molecule has 0 aliphatic rings. The first-order valence-corrected chi connectivity index (χ1v) is 7.86. The maximum atomic E-state index is 11.2. The molecular formula is C6H14O12P2. The summed E-state index contributed by atoms with van der Waals surface area (Å²) in [6.07, 6.45) is -6.53. The second kappa shape index (κ2) is 7.69. The summed E-state index contributed by atoms with van der Waals surface area (Å²) < 4.78 is 28.2. The summed E-state index contributed by atoms with van der Waals surface area (Å²) >= 11 is 0. The maximum absolute atomic E-state index is 11.2. The lowest BCUT2D eigenvalue weighted by atomic mass is 10.1. The molecule has 0 aromatic rings. The second-order valence-corrected chi connectivity index (χ2v) is 6.00. The monoisotopic (exact) mass is 340 g/mol. The Kier molecular flexibility index (Phi) is 7.60. The van der Waals surface area contributed by atoms with Crippen molar-refractivity contribution in [3.8, 4) is 0 Å². The van der Waals surface area contributed by atoms with Crippen LogP contribution >= 0.6 is 15.6 Å². The number of aliphatic hydroxyl groups excluding tert-OH is 3. The molecule has 7 N–H and O–H groups in total. The van der Waals surface area contributed by atoms with E-state index in [2.05, 4.69) is 9.05 Å². The Morgan fingerprint density at radius 3 is 1.80 bits per heavy atom. The smallest absolute Gasteiger partial charge is 0.388 e. The van der Waals surface area contributed by atoms with E-state index in [1.54, 1.807) is 0 Å². The third-order valence-corrected chi connectivity index (χ3v) is 2.79. The van der Waals surface area contributed by atoms with Crippen molar-refractivity contribution in [3.63, 3.8) is 0 Å². The first kappa shape index (κ1) is 19.8. The topological polar surface area (TPSA) is 211 Å². The van der Waals surface area contributed by atoms with Gasteiger partial charge in [0.2, 0.25) is 0 Å². The zero-order chi connectivity index (χ0) is 16.1. The fourth-order valence-electron chi connectivity index (χ4n) is 0.906. The van der Waals surface area contributed by atoms with Crippen LogP contribution < -0.4 is 0 Å². The zero-order valence-corrected chi connectivity index (χ0v) is 11.5. The first-order chi connectivity index (χ1) is 8.83. The molecule has 0 aromatic carbocycles. The molecule has 14 heteroatoms. The molecule has 0 amide bonds. The average molecular weight is 340 g/mol. The molecule has 0 saturated heterocycles. The minimum Gasteiger partial charge on any atom is -0.388 e. The van der Waals surface area contributed by atoms with Crippen molar-refractivity contribution in [1.82, 2.24) is 0 Å². The van der Waals surface area contributed by atoms with Crippen LogP contribution in [0.1, 0.15) is 0 Å². The molecule has 1 unspecified atom stereocenters. The van der Waals surface area contributed by atoms with E-state index in [9.17, 15) is 29.2 Å². The van der Waals surface area contributed by atoms with E-state index >= 15 is 0 Å². The summed E-state index contributed by atoms with van der Waals surface area (Å²) in [6.45, 7) is -2.33. The van der Waals surface area contributed by atoms with Gasteiger partial charge in [0.1, 0.15) is 24.9 Å². The molecule has 0 bridgehead atoms. The van der Waals surface area contributed by atoms with Crippen LogP contribution in [-0.4, -0.2) is 72.2 Å². The molecule has 12 nitrogen and oxygen atoms in total. The lowest BCUT2D eigenvalue weighted by Gasteiger charge is -2.22. The Bertz CT molecular complexity index is 410. The number of aliphatic hydroxyl groups is 3. The van der Waals surface area contributed by atoms with Crippen LogP contribution in [0.2, 0.25) is 0 Å². The number of Topliss-reactive ketones (excluding diaryl/α,β-unsaturated/α-hetero) is 1. The number of carbonyl (C=O) groups is 1. The predicted molar refractivity (Wildman–Crippen MR) is 59.0 cm³/mol. The highest BCUT2D eigenvalue weighted by molar-refractivity contribution is 7.46.